The van der Waals surface area contributed by atoms with Crippen molar-refractivity contribution in [1.82, 2.24) is 0 Å². The molecule has 0 saturated carbocycles. The lowest BCUT2D eigenvalue weighted by molar-refractivity contribution is -0.163. The van der Waals surface area contributed by atoms with Crippen LogP contribution in [-0.4, -0.2) is 37.9 Å². The molecule has 0 saturated heterocycles. The van der Waals surface area contributed by atoms with E-state index in [4.69, 9.17) is 14.2 Å². The lowest BCUT2D eigenvalue weighted by Gasteiger charge is -2.18. The SMILES string of the molecule is CC/C=C\C/C=C\C/C=C\CCCCCC(=O)OCC(COCCCCCCCC/C=C\C/C=C\CCC)OC(=O)CCCCCCC. The van der Waals surface area contributed by atoms with E-state index in [1.54, 1.807) is 0 Å². The van der Waals surface area contributed by atoms with E-state index in [2.05, 4.69) is 81.5 Å². The van der Waals surface area contributed by atoms with Gasteiger partial charge in [0.15, 0.2) is 6.10 Å². The fourth-order valence-corrected chi connectivity index (χ4v) is 5.09. The largest absolute Gasteiger partial charge is 0.462 e. The van der Waals surface area contributed by atoms with Gasteiger partial charge in [0, 0.05) is 19.4 Å². The quantitative estimate of drug-likeness (QED) is 0.0381. The predicted molar refractivity (Wildman–Crippen MR) is 205 cm³/mol. The van der Waals surface area contributed by atoms with E-state index in [9.17, 15) is 9.59 Å². The summed E-state index contributed by atoms with van der Waals surface area (Å²) in [6, 6.07) is 0. The number of rotatable bonds is 35. The molecule has 0 spiro atoms. The minimum absolute atomic E-state index is 0.0639. The van der Waals surface area contributed by atoms with Crippen molar-refractivity contribution in [2.75, 3.05) is 19.8 Å². The van der Waals surface area contributed by atoms with Gasteiger partial charge in [-0.2, -0.15) is 0 Å². The van der Waals surface area contributed by atoms with Gasteiger partial charge < -0.3 is 14.2 Å². The average molecular weight is 671 g/mol. The Morgan fingerprint density at radius 2 is 0.979 bits per heavy atom. The Labute approximate surface area is 296 Å². The van der Waals surface area contributed by atoms with Crippen LogP contribution in [0.25, 0.3) is 0 Å². The number of carbonyl (C=O) groups is 2. The van der Waals surface area contributed by atoms with Crippen molar-refractivity contribution in [3.63, 3.8) is 0 Å². The Bertz CT molecular complexity index is 853. The third kappa shape index (κ3) is 36.4. The summed E-state index contributed by atoms with van der Waals surface area (Å²) in [5.74, 6) is -0.455. The zero-order chi connectivity index (χ0) is 35.0. The molecule has 0 aromatic heterocycles. The Kier molecular flexibility index (Phi) is 37.1. The summed E-state index contributed by atoms with van der Waals surface area (Å²) >= 11 is 0. The molecule has 0 aliphatic heterocycles. The number of unbranched alkanes of at least 4 members (excludes halogenated alkanes) is 14. The lowest BCUT2D eigenvalue weighted by Crippen LogP contribution is -2.30. The second-order valence-corrected chi connectivity index (χ2v) is 12.8. The van der Waals surface area contributed by atoms with E-state index in [0.29, 0.717) is 19.4 Å². The van der Waals surface area contributed by atoms with E-state index in [-0.39, 0.29) is 25.2 Å². The average Bonchev–Trinajstić information content (AvgIpc) is 3.08. The Balaban J connectivity index is 4.18. The summed E-state index contributed by atoms with van der Waals surface area (Å²) < 4.78 is 17.1. The van der Waals surface area contributed by atoms with Gasteiger partial charge in [0.05, 0.1) is 6.61 Å². The predicted octanol–water partition coefficient (Wildman–Crippen LogP) is 12.7. The Hall–Kier alpha value is -2.40. The summed E-state index contributed by atoms with van der Waals surface area (Å²) in [5.41, 5.74) is 0. The molecule has 0 heterocycles. The molecule has 0 amide bonds. The van der Waals surface area contributed by atoms with Crippen LogP contribution >= 0.6 is 0 Å². The van der Waals surface area contributed by atoms with Gasteiger partial charge in [-0.3, -0.25) is 9.59 Å². The monoisotopic (exact) mass is 671 g/mol. The van der Waals surface area contributed by atoms with Crippen LogP contribution in [0.4, 0.5) is 0 Å². The normalized spacial score (nSPS) is 12.8. The summed E-state index contributed by atoms with van der Waals surface area (Å²) in [6.07, 6.45) is 46.7. The second kappa shape index (κ2) is 39.0. The van der Waals surface area contributed by atoms with Crippen LogP contribution in [0, 0.1) is 0 Å². The first-order valence-corrected chi connectivity index (χ1v) is 19.8. The highest BCUT2D eigenvalue weighted by Crippen LogP contribution is 2.11. The van der Waals surface area contributed by atoms with Crippen molar-refractivity contribution in [3.05, 3.63) is 60.8 Å². The molecular weight excluding hydrogens is 596 g/mol. The number of carbonyl (C=O) groups excluding carboxylic acids is 2. The number of ether oxygens (including phenoxy) is 3. The maximum Gasteiger partial charge on any atom is 0.306 e. The summed E-state index contributed by atoms with van der Waals surface area (Å²) in [6.45, 7) is 7.50. The van der Waals surface area contributed by atoms with Crippen LogP contribution in [0.1, 0.15) is 175 Å². The highest BCUT2D eigenvalue weighted by atomic mass is 16.6. The minimum Gasteiger partial charge on any atom is -0.462 e. The smallest absolute Gasteiger partial charge is 0.306 e. The fraction of sp³-hybridized carbons (Fsp3) is 0.721. The van der Waals surface area contributed by atoms with Gasteiger partial charge in [-0.25, -0.2) is 0 Å². The lowest BCUT2D eigenvalue weighted by atomic mass is 10.1. The maximum absolute atomic E-state index is 12.5. The zero-order valence-electron chi connectivity index (χ0n) is 31.5. The zero-order valence-corrected chi connectivity index (χ0v) is 31.5. The van der Waals surface area contributed by atoms with Crippen LogP contribution in [0.5, 0.6) is 0 Å². The topological polar surface area (TPSA) is 61.8 Å². The van der Waals surface area contributed by atoms with E-state index >= 15 is 0 Å². The molecule has 0 bridgehead atoms. The molecule has 5 nitrogen and oxygen atoms in total. The van der Waals surface area contributed by atoms with Crippen molar-refractivity contribution in [1.29, 1.82) is 0 Å². The first-order valence-electron chi connectivity index (χ1n) is 19.8. The maximum atomic E-state index is 12.5. The third-order valence-electron chi connectivity index (χ3n) is 8.02. The number of hydrogen-bond acceptors (Lipinski definition) is 5. The Morgan fingerprint density at radius 3 is 1.60 bits per heavy atom. The van der Waals surface area contributed by atoms with Crippen LogP contribution < -0.4 is 0 Å². The molecule has 0 aromatic rings. The standard InChI is InChI=1S/C43H74O5/c1-4-7-10-13-15-17-19-21-23-25-27-29-32-35-38-46-39-41(48-43(45)37-34-30-12-9-6-3)40-47-42(44)36-33-31-28-26-24-22-20-18-16-14-11-8-5-2/h8,10-11,13,16-19,22,24,41H,4-7,9,12,14-15,20-21,23,25-40H2,1-3H3/b11-8-,13-10-,18-16-,19-17-,24-22-. The molecular formula is C43H74O5. The molecule has 1 atom stereocenters. The number of allylic oxidation sites excluding steroid dienone is 10. The van der Waals surface area contributed by atoms with Gasteiger partial charge in [-0.15, -0.1) is 0 Å². The van der Waals surface area contributed by atoms with Gasteiger partial charge >= 0.3 is 11.9 Å². The minimum atomic E-state index is -0.547. The van der Waals surface area contributed by atoms with Crippen molar-refractivity contribution in [2.24, 2.45) is 0 Å². The Morgan fingerprint density at radius 1 is 0.479 bits per heavy atom. The summed E-state index contributed by atoms with van der Waals surface area (Å²) in [4.78, 5) is 24.9. The highest BCUT2D eigenvalue weighted by Gasteiger charge is 2.17. The van der Waals surface area contributed by atoms with E-state index < -0.39 is 6.10 Å². The van der Waals surface area contributed by atoms with Crippen molar-refractivity contribution >= 4 is 11.9 Å². The van der Waals surface area contributed by atoms with Crippen molar-refractivity contribution in [2.45, 2.75) is 181 Å². The van der Waals surface area contributed by atoms with Crippen LogP contribution in [0.15, 0.2) is 60.8 Å². The molecule has 0 aliphatic rings. The third-order valence-corrected chi connectivity index (χ3v) is 8.02. The molecule has 1 unspecified atom stereocenters. The number of esters is 2. The van der Waals surface area contributed by atoms with Crippen molar-refractivity contribution in [3.8, 4) is 0 Å². The van der Waals surface area contributed by atoms with Gasteiger partial charge in [-0.1, -0.05) is 146 Å². The molecule has 48 heavy (non-hydrogen) atoms. The van der Waals surface area contributed by atoms with Gasteiger partial charge in [0.2, 0.25) is 0 Å². The molecule has 276 valence electrons. The summed E-state index contributed by atoms with van der Waals surface area (Å²) in [7, 11) is 0. The van der Waals surface area contributed by atoms with E-state index in [1.807, 2.05) is 0 Å². The molecule has 0 rings (SSSR count). The molecule has 0 fully saturated rings. The van der Waals surface area contributed by atoms with E-state index in [0.717, 1.165) is 83.5 Å². The van der Waals surface area contributed by atoms with Gasteiger partial charge in [-0.05, 0) is 77.0 Å². The second-order valence-electron chi connectivity index (χ2n) is 12.8. The first-order chi connectivity index (χ1) is 23.6. The molecule has 0 aliphatic carbocycles. The highest BCUT2D eigenvalue weighted by molar-refractivity contribution is 5.70. The van der Waals surface area contributed by atoms with Crippen LogP contribution in [0.3, 0.4) is 0 Å². The summed E-state index contributed by atoms with van der Waals surface area (Å²) in [5, 5.41) is 0. The molecule has 0 N–H and O–H groups in total. The van der Waals surface area contributed by atoms with Crippen LogP contribution in [0.2, 0.25) is 0 Å². The fourth-order valence-electron chi connectivity index (χ4n) is 5.09. The van der Waals surface area contributed by atoms with Gasteiger partial charge in [0.1, 0.15) is 6.61 Å². The number of hydrogen-bond donors (Lipinski definition) is 0. The van der Waals surface area contributed by atoms with Crippen molar-refractivity contribution < 1.29 is 23.8 Å². The first kappa shape index (κ1) is 45.6. The van der Waals surface area contributed by atoms with Gasteiger partial charge in [0.25, 0.3) is 0 Å². The van der Waals surface area contributed by atoms with E-state index in [1.165, 1.54) is 57.8 Å². The van der Waals surface area contributed by atoms with Crippen LogP contribution in [-0.2, 0) is 23.8 Å². The molecule has 0 aromatic carbocycles. The molecule has 5 heteroatoms. The molecule has 0 radical (unpaired) electrons.